The van der Waals surface area contributed by atoms with Gasteiger partial charge < -0.3 is 20.5 Å². The first-order valence-electron chi connectivity index (χ1n) is 11.1. The number of rotatable bonds is 6. The van der Waals surface area contributed by atoms with Gasteiger partial charge in [-0.2, -0.15) is 0 Å². The van der Waals surface area contributed by atoms with Gasteiger partial charge in [0.1, 0.15) is 17.6 Å². The molecule has 0 aromatic heterocycles. The minimum absolute atomic E-state index is 0. The molecule has 0 bridgehead atoms. The third-order valence-electron chi connectivity index (χ3n) is 6.38. The van der Waals surface area contributed by atoms with Crippen molar-refractivity contribution in [3.63, 3.8) is 0 Å². The van der Waals surface area contributed by atoms with E-state index in [1.54, 1.807) is 0 Å². The van der Waals surface area contributed by atoms with Gasteiger partial charge in [-0.15, -0.1) is 12.4 Å². The van der Waals surface area contributed by atoms with E-state index in [1.807, 2.05) is 6.07 Å². The minimum Gasteiger partial charge on any atom is -0.490 e. The molecule has 2 aromatic carbocycles. The van der Waals surface area contributed by atoms with Crippen molar-refractivity contribution in [2.45, 2.75) is 57.7 Å². The molecule has 1 atom stereocenters. The monoisotopic (exact) mass is 444 g/mol. The third-order valence-corrected chi connectivity index (χ3v) is 6.38. The van der Waals surface area contributed by atoms with Crippen molar-refractivity contribution < 1.29 is 14.3 Å². The van der Waals surface area contributed by atoms with Crippen molar-refractivity contribution in [3.8, 4) is 11.5 Å². The fraction of sp³-hybridized carbons (Fsp3) is 0.480. The lowest BCUT2D eigenvalue weighted by Gasteiger charge is -2.30. The number of carbonyl (C=O) groups is 1. The molecular formula is C25H33ClN2O3. The van der Waals surface area contributed by atoms with Crippen molar-refractivity contribution in [1.82, 2.24) is 5.32 Å². The van der Waals surface area contributed by atoms with Gasteiger partial charge >= 0.3 is 0 Å². The highest BCUT2D eigenvalue weighted by Crippen LogP contribution is 2.38. The van der Waals surface area contributed by atoms with Crippen molar-refractivity contribution in [2.75, 3.05) is 13.1 Å². The van der Waals surface area contributed by atoms with Crippen molar-refractivity contribution >= 4 is 18.3 Å². The lowest BCUT2D eigenvalue weighted by Crippen LogP contribution is -2.36. The Morgan fingerprint density at radius 3 is 2.65 bits per heavy atom. The smallest absolute Gasteiger partial charge is 0.233 e. The molecular weight excluding hydrogens is 412 g/mol. The molecule has 1 heterocycles. The third kappa shape index (κ3) is 5.92. The van der Waals surface area contributed by atoms with Crippen LogP contribution < -0.4 is 20.5 Å². The topological polar surface area (TPSA) is 73.6 Å². The van der Waals surface area contributed by atoms with Crippen LogP contribution in [0.4, 0.5) is 0 Å². The normalized spacial score (nSPS) is 22.5. The molecule has 5 nitrogen and oxygen atoms in total. The lowest BCUT2D eigenvalue weighted by atomic mass is 9.87. The van der Waals surface area contributed by atoms with Gasteiger partial charge in [-0.1, -0.05) is 24.3 Å². The van der Waals surface area contributed by atoms with E-state index in [0.717, 1.165) is 56.6 Å². The Kier molecular flexibility index (Phi) is 8.22. The summed E-state index contributed by atoms with van der Waals surface area (Å²) in [5.41, 5.74) is 9.14. The Bertz CT molecular complexity index is 881. The number of fused-ring (bicyclic) bond motifs is 1. The van der Waals surface area contributed by atoms with E-state index in [1.165, 1.54) is 16.7 Å². The zero-order valence-corrected chi connectivity index (χ0v) is 19.0. The Hall–Kier alpha value is -2.24. The first-order valence-corrected chi connectivity index (χ1v) is 11.1. The van der Waals surface area contributed by atoms with E-state index in [2.05, 4.69) is 48.6 Å². The van der Waals surface area contributed by atoms with Crippen LogP contribution in [0.1, 0.15) is 54.9 Å². The number of amides is 1. The standard InChI is InChI=1S/C25H32N2O3.ClH/c1-17-4-2-3-5-22(17)24-12-8-19-14-21(11-13-23(19)30-24)29-20-9-6-18(7-10-20)16-27-25(28)15-26;/h2-5,11,13-14,18,20,24H,6-10,12,15-16,26H2,1H3,(H,27,28);1H/t18-,20+,24?;. The molecule has 1 aliphatic carbocycles. The van der Waals surface area contributed by atoms with Crippen molar-refractivity contribution in [1.29, 1.82) is 0 Å². The summed E-state index contributed by atoms with van der Waals surface area (Å²) < 4.78 is 12.6. The molecule has 0 saturated heterocycles. The fourth-order valence-electron chi connectivity index (χ4n) is 4.58. The maximum atomic E-state index is 11.3. The van der Waals surface area contributed by atoms with Crippen LogP contribution >= 0.6 is 12.4 Å². The summed E-state index contributed by atoms with van der Waals surface area (Å²) in [4.78, 5) is 11.3. The second kappa shape index (κ2) is 10.9. The number of carbonyl (C=O) groups excluding carboxylic acids is 1. The molecule has 2 aromatic rings. The summed E-state index contributed by atoms with van der Waals surface area (Å²) in [6.07, 6.45) is 6.54. The number of benzene rings is 2. The predicted molar refractivity (Wildman–Crippen MR) is 125 cm³/mol. The van der Waals surface area contributed by atoms with E-state index in [-0.39, 0.29) is 37.1 Å². The SMILES string of the molecule is Cc1ccccc1C1CCc2cc(O[C@H]3CC[C@@H](CNC(=O)CN)CC3)ccc2O1.Cl. The van der Waals surface area contributed by atoms with E-state index >= 15 is 0 Å². The molecule has 1 fully saturated rings. The highest BCUT2D eigenvalue weighted by molar-refractivity contribution is 5.85. The zero-order chi connectivity index (χ0) is 20.9. The Morgan fingerprint density at radius 2 is 1.90 bits per heavy atom. The Balaban J connectivity index is 0.00000272. The van der Waals surface area contributed by atoms with Crippen LogP contribution in [0.2, 0.25) is 0 Å². The molecule has 1 unspecified atom stereocenters. The molecule has 3 N–H and O–H groups in total. The number of hydrogen-bond acceptors (Lipinski definition) is 4. The highest BCUT2D eigenvalue weighted by atomic mass is 35.5. The van der Waals surface area contributed by atoms with Crippen LogP contribution in [0.25, 0.3) is 0 Å². The molecule has 4 rings (SSSR count). The molecule has 1 aliphatic heterocycles. The first-order chi connectivity index (χ1) is 14.6. The molecule has 0 spiro atoms. The first kappa shape index (κ1) is 23.4. The number of ether oxygens (including phenoxy) is 2. The second-order valence-corrected chi connectivity index (χ2v) is 8.54. The zero-order valence-electron chi connectivity index (χ0n) is 18.1. The average molecular weight is 445 g/mol. The summed E-state index contributed by atoms with van der Waals surface area (Å²) in [6, 6.07) is 14.7. The molecule has 1 amide bonds. The van der Waals surface area contributed by atoms with E-state index in [0.29, 0.717) is 5.92 Å². The summed E-state index contributed by atoms with van der Waals surface area (Å²) in [5.74, 6) is 2.36. The average Bonchev–Trinajstić information content (AvgIpc) is 2.78. The summed E-state index contributed by atoms with van der Waals surface area (Å²) in [7, 11) is 0. The van der Waals surface area contributed by atoms with Gasteiger partial charge in [-0.25, -0.2) is 0 Å². The summed E-state index contributed by atoms with van der Waals surface area (Å²) >= 11 is 0. The Morgan fingerprint density at radius 1 is 1.13 bits per heavy atom. The fourth-order valence-corrected chi connectivity index (χ4v) is 4.58. The minimum atomic E-state index is -0.0747. The van der Waals surface area contributed by atoms with Crippen LogP contribution in [-0.4, -0.2) is 25.1 Å². The van der Waals surface area contributed by atoms with E-state index < -0.39 is 0 Å². The van der Waals surface area contributed by atoms with Gasteiger partial charge in [0.15, 0.2) is 0 Å². The second-order valence-electron chi connectivity index (χ2n) is 8.54. The van der Waals surface area contributed by atoms with Gasteiger partial charge in [0.05, 0.1) is 12.6 Å². The Labute approximate surface area is 191 Å². The maximum absolute atomic E-state index is 11.3. The predicted octanol–water partition coefficient (Wildman–Crippen LogP) is 4.50. The number of nitrogens with two attached hydrogens (primary N) is 1. The number of hydrogen-bond donors (Lipinski definition) is 2. The number of aryl methyl sites for hydroxylation is 2. The highest BCUT2D eigenvalue weighted by Gasteiger charge is 2.25. The summed E-state index contributed by atoms with van der Waals surface area (Å²) in [6.45, 7) is 2.93. The van der Waals surface area contributed by atoms with Crippen LogP contribution in [0.3, 0.4) is 0 Å². The van der Waals surface area contributed by atoms with Gasteiger partial charge in [-0.3, -0.25) is 4.79 Å². The van der Waals surface area contributed by atoms with Crippen LogP contribution in [0.15, 0.2) is 42.5 Å². The molecule has 2 aliphatic rings. The number of nitrogens with one attached hydrogen (secondary N) is 1. The van der Waals surface area contributed by atoms with E-state index in [4.69, 9.17) is 15.2 Å². The maximum Gasteiger partial charge on any atom is 0.233 e. The summed E-state index contributed by atoms with van der Waals surface area (Å²) in [5, 5.41) is 2.90. The largest absolute Gasteiger partial charge is 0.490 e. The van der Waals surface area contributed by atoms with Gasteiger partial charge in [0.2, 0.25) is 5.91 Å². The molecule has 0 radical (unpaired) electrons. The van der Waals surface area contributed by atoms with Crippen molar-refractivity contribution in [2.24, 2.45) is 11.7 Å². The molecule has 6 heteroatoms. The van der Waals surface area contributed by atoms with Crippen LogP contribution in [-0.2, 0) is 11.2 Å². The van der Waals surface area contributed by atoms with Gasteiger partial charge in [0, 0.05) is 6.54 Å². The van der Waals surface area contributed by atoms with Crippen LogP contribution in [0, 0.1) is 12.8 Å². The molecule has 1 saturated carbocycles. The molecule has 31 heavy (non-hydrogen) atoms. The number of halogens is 1. The van der Waals surface area contributed by atoms with Crippen molar-refractivity contribution in [3.05, 3.63) is 59.2 Å². The van der Waals surface area contributed by atoms with E-state index in [9.17, 15) is 4.79 Å². The quantitative estimate of drug-likeness (QED) is 0.688. The van der Waals surface area contributed by atoms with Gasteiger partial charge in [0.25, 0.3) is 0 Å². The molecule has 168 valence electrons. The van der Waals surface area contributed by atoms with Gasteiger partial charge in [-0.05, 0) is 86.3 Å². The lowest BCUT2D eigenvalue weighted by molar-refractivity contribution is -0.119. The van der Waals surface area contributed by atoms with Crippen LogP contribution in [0.5, 0.6) is 11.5 Å².